The van der Waals surface area contributed by atoms with Crippen molar-refractivity contribution >= 4 is 34.0 Å². The first kappa shape index (κ1) is 12.6. The van der Waals surface area contributed by atoms with E-state index in [0.717, 1.165) is 9.28 Å². The number of carbonyl (C=O) groups excluding carboxylic acids is 1. The van der Waals surface area contributed by atoms with Gasteiger partial charge in [-0.3, -0.25) is 0 Å². The van der Waals surface area contributed by atoms with E-state index in [1.807, 2.05) is 27.0 Å². The Morgan fingerprint density at radius 1 is 1.60 bits per heavy atom. The van der Waals surface area contributed by atoms with Crippen LogP contribution in [0.2, 0.25) is 0 Å². The van der Waals surface area contributed by atoms with Crippen LogP contribution in [0.15, 0.2) is 11.5 Å². The Bertz CT molecular complexity index is 329. The molecular formula is C10H16NO2S2+. The van der Waals surface area contributed by atoms with E-state index in [2.05, 4.69) is 6.58 Å². The fraction of sp³-hybridized carbons (Fsp3) is 0.600. The zero-order valence-electron chi connectivity index (χ0n) is 9.49. The third-order valence-electron chi connectivity index (χ3n) is 1.58. The molecule has 1 aliphatic heterocycles. The molecule has 1 heterocycles. The van der Waals surface area contributed by atoms with Crippen LogP contribution >= 0.6 is 23.5 Å². The molecule has 0 saturated heterocycles. The fourth-order valence-corrected chi connectivity index (χ4v) is 2.80. The Hall–Kier alpha value is -0.420. The van der Waals surface area contributed by atoms with E-state index < -0.39 is 5.60 Å². The van der Waals surface area contributed by atoms with Gasteiger partial charge in [0.1, 0.15) is 5.60 Å². The highest BCUT2D eigenvalue weighted by Gasteiger charge is 2.35. The Morgan fingerprint density at radius 2 is 2.20 bits per heavy atom. The number of hydrogen-bond donors (Lipinski definition) is 0. The summed E-state index contributed by atoms with van der Waals surface area (Å²) in [5, 5.41) is 0. The van der Waals surface area contributed by atoms with Gasteiger partial charge in [-0.15, -0.1) is 4.58 Å². The van der Waals surface area contributed by atoms with Gasteiger partial charge >= 0.3 is 6.09 Å². The minimum atomic E-state index is -0.449. The molecule has 0 spiro atoms. The first-order valence-corrected chi connectivity index (χ1v) is 6.64. The first-order chi connectivity index (χ1) is 6.83. The van der Waals surface area contributed by atoms with Crippen molar-refractivity contribution in [1.82, 2.24) is 0 Å². The monoisotopic (exact) mass is 246 g/mol. The summed E-state index contributed by atoms with van der Waals surface area (Å²) >= 11 is 3.08. The summed E-state index contributed by atoms with van der Waals surface area (Å²) < 4.78 is 7.87. The van der Waals surface area contributed by atoms with E-state index >= 15 is 0 Å². The van der Waals surface area contributed by atoms with Crippen molar-refractivity contribution < 1.29 is 14.1 Å². The summed E-state index contributed by atoms with van der Waals surface area (Å²) in [7, 11) is 0. The second kappa shape index (κ2) is 4.61. The molecule has 0 aromatic rings. The predicted molar refractivity (Wildman–Crippen MR) is 66.6 cm³/mol. The van der Waals surface area contributed by atoms with Crippen molar-refractivity contribution in [3.63, 3.8) is 0 Å². The predicted octanol–water partition coefficient (Wildman–Crippen LogP) is 2.91. The Balaban J connectivity index is 2.79. The topological polar surface area (TPSA) is 29.3 Å². The zero-order valence-corrected chi connectivity index (χ0v) is 11.1. The standard InChI is InChI=1S/C10H16NO2S2/c1-7-6-11(9(14-5)15-7)8(12)13-10(2,3)4/h1,6H2,2-5H3/q+1. The number of nitrogens with zero attached hydrogens (tertiary/aromatic N) is 1. The van der Waals surface area contributed by atoms with Crippen molar-refractivity contribution in [3.05, 3.63) is 11.5 Å². The Kier molecular flexibility index (Phi) is 3.89. The van der Waals surface area contributed by atoms with Crippen LogP contribution in [0.5, 0.6) is 0 Å². The largest absolute Gasteiger partial charge is 0.598 e. The molecule has 0 fully saturated rings. The maximum atomic E-state index is 11.8. The fourth-order valence-electron chi connectivity index (χ4n) is 1.06. The smallest absolute Gasteiger partial charge is 0.406 e. The lowest BCUT2D eigenvalue weighted by atomic mass is 10.2. The number of hydrogen-bond acceptors (Lipinski definition) is 4. The molecule has 0 saturated carbocycles. The first-order valence-electron chi connectivity index (χ1n) is 4.60. The van der Waals surface area contributed by atoms with Crippen LogP contribution in [0.3, 0.4) is 0 Å². The molecule has 0 radical (unpaired) electrons. The molecule has 0 N–H and O–H groups in total. The van der Waals surface area contributed by atoms with E-state index in [1.54, 1.807) is 16.3 Å². The molecule has 0 atom stereocenters. The van der Waals surface area contributed by atoms with E-state index in [1.165, 1.54) is 11.8 Å². The molecule has 1 rings (SSSR count). The van der Waals surface area contributed by atoms with Crippen molar-refractivity contribution in [1.29, 1.82) is 0 Å². The second-order valence-corrected chi connectivity index (χ2v) is 6.40. The molecule has 0 bridgehead atoms. The van der Waals surface area contributed by atoms with Gasteiger partial charge < -0.3 is 4.74 Å². The molecule has 0 aliphatic carbocycles. The van der Waals surface area contributed by atoms with E-state index in [4.69, 9.17) is 4.74 Å². The van der Waals surface area contributed by atoms with Crippen LogP contribution in [-0.2, 0) is 4.74 Å². The van der Waals surface area contributed by atoms with Gasteiger partial charge in [-0.2, -0.15) is 4.79 Å². The number of ether oxygens (including phenoxy) is 1. The lowest BCUT2D eigenvalue weighted by Gasteiger charge is -2.16. The minimum Gasteiger partial charge on any atom is -0.406 e. The van der Waals surface area contributed by atoms with E-state index in [9.17, 15) is 4.79 Å². The molecule has 0 unspecified atom stereocenters. The van der Waals surface area contributed by atoms with Crippen LogP contribution in [0.25, 0.3) is 0 Å². The summed E-state index contributed by atoms with van der Waals surface area (Å²) in [6, 6.07) is 0. The Labute approximate surface area is 99.0 Å². The van der Waals surface area contributed by atoms with Gasteiger partial charge in [-0.05, 0) is 38.8 Å². The maximum absolute atomic E-state index is 11.8. The number of thioether (sulfide) groups is 2. The van der Waals surface area contributed by atoms with Crippen molar-refractivity contribution in [2.75, 3.05) is 12.8 Å². The lowest BCUT2D eigenvalue weighted by Crippen LogP contribution is -2.31. The molecular weight excluding hydrogens is 230 g/mol. The van der Waals surface area contributed by atoms with Gasteiger partial charge in [0.2, 0.25) is 0 Å². The van der Waals surface area contributed by atoms with Gasteiger partial charge in [-0.1, -0.05) is 18.3 Å². The zero-order chi connectivity index (χ0) is 11.6. The SMILES string of the molecule is C=C1C[N+](C(=O)OC(C)(C)C)=C(SC)S1. The Morgan fingerprint density at radius 3 is 2.67 bits per heavy atom. The third kappa shape index (κ3) is 3.57. The van der Waals surface area contributed by atoms with Gasteiger partial charge in [-0.25, -0.2) is 0 Å². The molecule has 15 heavy (non-hydrogen) atoms. The molecule has 0 aromatic carbocycles. The van der Waals surface area contributed by atoms with Gasteiger partial charge in [0.05, 0.1) is 4.91 Å². The van der Waals surface area contributed by atoms with Crippen molar-refractivity contribution in [3.8, 4) is 0 Å². The highest BCUT2D eigenvalue weighted by Crippen LogP contribution is 2.29. The highest BCUT2D eigenvalue weighted by molar-refractivity contribution is 8.40. The summed E-state index contributed by atoms with van der Waals surface area (Å²) in [6.07, 6.45) is 1.65. The van der Waals surface area contributed by atoms with Crippen LogP contribution in [0.4, 0.5) is 4.79 Å². The van der Waals surface area contributed by atoms with Crippen LogP contribution in [0, 0.1) is 0 Å². The average Bonchev–Trinajstić information content (AvgIpc) is 2.43. The molecule has 84 valence electrons. The molecule has 5 heteroatoms. The van der Waals surface area contributed by atoms with Crippen LogP contribution < -0.4 is 0 Å². The quantitative estimate of drug-likeness (QED) is 0.615. The van der Waals surface area contributed by atoms with E-state index in [0.29, 0.717) is 6.54 Å². The summed E-state index contributed by atoms with van der Waals surface area (Å²) in [5.41, 5.74) is -0.449. The maximum Gasteiger partial charge on any atom is 0.598 e. The lowest BCUT2D eigenvalue weighted by molar-refractivity contribution is -0.433. The second-order valence-electron chi connectivity index (χ2n) is 4.18. The normalized spacial score (nSPS) is 17.2. The van der Waals surface area contributed by atoms with Gasteiger partial charge in [0.15, 0.2) is 6.54 Å². The van der Waals surface area contributed by atoms with Crippen molar-refractivity contribution in [2.45, 2.75) is 26.4 Å². The van der Waals surface area contributed by atoms with Gasteiger partial charge in [0.25, 0.3) is 4.38 Å². The molecule has 0 aromatic heterocycles. The molecule has 1 aliphatic rings. The molecule has 1 amide bonds. The van der Waals surface area contributed by atoms with Gasteiger partial charge in [0, 0.05) is 0 Å². The van der Waals surface area contributed by atoms with Crippen LogP contribution in [0.1, 0.15) is 20.8 Å². The average molecular weight is 246 g/mol. The highest BCUT2D eigenvalue weighted by atomic mass is 32.2. The number of amides is 1. The van der Waals surface area contributed by atoms with Crippen molar-refractivity contribution in [2.24, 2.45) is 0 Å². The number of rotatable bonds is 0. The summed E-state index contributed by atoms with van der Waals surface area (Å²) in [6.45, 7) is 10.0. The number of carbonyl (C=O) groups is 1. The van der Waals surface area contributed by atoms with Crippen LogP contribution in [-0.4, -0.2) is 33.4 Å². The summed E-state index contributed by atoms with van der Waals surface area (Å²) in [4.78, 5) is 12.8. The minimum absolute atomic E-state index is 0.294. The summed E-state index contributed by atoms with van der Waals surface area (Å²) in [5.74, 6) is 0. The third-order valence-corrected chi connectivity index (χ3v) is 3.71. The van der Waals surface area contributed by atoms with E-state index in [-0.39, 0.29) is 6.09 Å². The molecule has 3 nitrogen and oxygen atoms in total.